The van der Waals surface area contributed by atoms with Crippen molar-refractivity contribution in [3.05, 3.63) is 71.4 Å². The molecule has 0 radical (unpaired) electrons. The molecule has 0 unspecified atom stereocenters. The number of nitriles is 1. The van der Waals surface area contributed by atoms with Crippen LogP contribution in [0, 0.1) is 11.3 Å². The number of hydrogen-bond donors (Lipinski definition) is 1. The Kier molecular flexibility index (Phi) is 3.09. The Morgan fingerprint density at radius 2 is 1.76 bits per heavy atom. The average molecular weight is 274 g/mol. The number of ketones is 2. The maximum Gasteiger partial charge on any atom is 0.235 e. The lowest BCUT2D eigenvalue weighted by Gasteiger charge is -1.99. The summed E-state index contributed by atoms with van der Waals surface area (Å²) in [5.74, 6) is -1.14. The third-order valence-electron chi connectivity index (χ3n) is 3.30. The first-order valence-electron chi connectivity index (χ1n) is 6.36. The number of carbonyl (C=O) groups is 2. The van der Waals surface area contributed by atoms with Crippen molar-refractivity contribution in [1.29, 1.82) is 5.26 Å². The van der Waals surface area contributed by atoms with Gasteiger partial charge in [-0.25, -0.2) is 0 Å². The van der Waals surface area contributed by atoms with Gasteiger partial charge in [-0.3, -0.25) is 9.59 Å². The number of nitrogens with one attached hydrogen (secondary N) is 1. The summed E-state index contributed by atoms with van der Waals surface area (Å²) in [5, 5.41) is 9.53. The van der Waals surface area contributed by atoms with E-state index in [0.717, 1.165) is 5.52 Å². The predicted octanol–water partition coefficient (Wildman–Crippen LogP) is 3.11. The summed E-state index contributed by atoms with van der Waals surface area (Å²) in [4.78, 5) is 27.5. The monoisotopic (exact) mass is 274 g/mol. The molecule has 0 aliphatic heterocycles. The number of rotatable bonds is 3. The molecule has 3 aromatic rings. The molecular weight excluding hydrogens is 264 g/mol. The number of aromatic nitrogens is 1. The molecule has 0 spiro atoms. The lowest BCUT2D eigenvalue weighted by Crippen LogP contribution is -2.13. The first kappa shape index (κ1) is 12.8. The summed E-state index contributed by atoms with van der Waals surface area (Å²) < 4.78 is 0. The van der Waals surface area contributed by atoms with Gasteiger partial charge in [-0.1, -0.05) is 30.3 Å². The highest BCUT2D eigenvalue weighted by Crippen LogP contribution is 2.21. The molecule has 1 aromatic heterocycles. The SMILES string of the molecule is N#Cc1ccc2[nH]cc(C(=O)C(=O)c3ccccc3)c2c1. The zero-order chi connectivity index (χ0) is 14.8. The van der Waals surface area contributed by atoms with Crippen LogP contribution in [0.2, 0.25) is 0 Å². The lowest BCUT2D eigenvalue weighted by atomic mass is 10.0. The second-order valence-electron chi connectivity index (χ2n) is 4.60. The van der Waals surface area contributed by atoms with E-state index in [-0.39, 0.29) is 5.56 Å². The molecule has 0 saturated carbocycles. The Morgan fingerprint density at radius 1 is 1.00 bits per heavy atom. The number of aromatic amines is 1. The zero-order valence-electron chi connectivity index (χ0n) is 11.0. The van der Waals surface area contributed by atoms with E-state index in [2.05, 4.69) is 4.98 Å². The molecule has 0 amide bonds. The van der Waals surface area contributed by atoms with Crippen LogP contribution < -0.4 is 0 Å². The van der Waals surface area contributed by atoms with Gasteiger partial charge in [-0.15, -0.1) is 0 Å². The van der Waals surface area contributed by atoms with Crippen molar-refractivity contribution < 1.29 is 9.59 Å². The van der Waals surface area contributed by atoms with E-state index in [9.17, 15) is 9.59 Å². The molecule has 3 rings (SSSR count). The minimum Gasteiger partial charge on any atom is -0.360 e. The van der Waals surface area contributed by atoms with Crippen molar-refractivity contribution in [3.63, 3.8) is 0 Å². The molecule has 0 aliphatic rings. The molecule has 4 heteroatoms. The van der Waals surface area contributed by atoms with Gasteiger partial charge >= 0.3 is 0 Å². The number of Topliss-reactive ketones (excluding diaryl/α,β-unsaturated/α-hetero) is 2. The molecule has 1 heterocycles. The van der Waals surface area contributed by atoms with Gasteiger partial charge in [-0.05, 0) is 18.2 Å². The number of fused-ring (bicyclic) bond motifs is 1. The van der Waals surface area contributed by atoms with Crippen molar-refractivity contribution in [2.24, 2.45) is 0 Å². The van der Waals surface area contributed by atoms with Crippen LogP contribution >= 0.6 is 0 Å². The molecule has 4 nitrogen and oxygen atoms in total. The predicted molar refractivity (Wildman–Crippen MR) is 78.1 cm³/mol. The molecular formula is C17H10N2O2. The fraction of sp³-hybridized carbons (Fsp3) is 0. The van der Waals surface area contributed by atoms with Gasteiger partial charge < -0.3 is 4.98 Å². The Bertz CT molecular complexity index is 886. The van der Waals surface area contributed by atoms with E-state index in [1.165, 1.54) is 6.20 Å². The van der Waals surface area contributed by atoms with Crippen LogP contribution in [-0.4, -0.2) is 16.6 Å². The molecule has 0 saturated heterocycles. The topological polar surface area (TPSA) is 73.7 Å². The average Bonchev–Trinajstić information content (AvgIpc) is 2.97. The van der Waals surface area contributed by atoms with Crippen LogP contribution in [0.5, 0.6) is 0 Å². The Labute approximate surface area is 120 Å². The lowest BCUT2D eigenvalue weighted by molar-refractivity contribution is 0.0818. The van der Waals surface area contributed by atoms with E-state index in [0.29, 0.717) is 16.5 Å². The second-order valence-corrected chi connectivity index (χ2v) is 4.60. The van der Waals surface area contributed by atoms with Crippen LogP contribution in [0.3, 0.4) is 0 Å². The Balaban J connectivity index is 2.06. The normalized spacial score (nSPS) is 10.2. The fourth-order valence-electron chi connectivity index (χ4n) is 2.22. The van der Waals surface area contributed by atoms with Gasteiger partial charge in [0.05, 0.1) is 17.2 Å². The first-order chi connectivity index (χ1) is 10.2. The van der Waals surface area contributed by atoms with Gasteiger partial charge in [0, 0.05) is 22.7 Å². The van der Waals surface area contributed by atoms with Gasteiger partial charge in [0.15, 0.2) is 0 Å². The van der Waals surface area contributed by atoms with Crippen LogP contribution in [0.1, 0.15) is 26.3 Å². The van der Waals surface area contributed by atoms with Crippen molar-refractivity contribution in [2.45, 2.75) is 0 Å². The van der Waals surface area contributed by atoms with E-state index >= 15 is 0 Å². The zero-order valence-corrected chi connectivity index (χ0v) is 11.0. The van der Waals surface area contributed by atoms with Crippen LogP contribution in [0.4, 0.5) is 0 Å². The third-order valence-corrected chi connectivity index (χ3v) is 3.30. The van der Waals surface area contributed by atoms with Crippen molar-refractivity contribution in [2.75, 3.05) is 0 Å². The van der Waals surface area contributed by atoms with E-state index in [4.69, 9.17) is 5.26 Å². The summed E-state index contributed by atoms with van der Waals surface area (Å²) in [6.45, 7) is 0. The Morgan fingerprint density at radius 3 is 2.48 bits per heavy atom. The van der Waals surface area contributed by atoms with Gasteiger partial charge in [0.2, 0.25) is 11.6 Å². The maximum absolute atomic E-state index is 12.4. The smallest absolute Gasteiger partial charge is 0.235 e. The third kappa shape index (κ3) is 2.21. The number of carbonyl (C=O) groups excluding carboxylic acids is 2. The minimum absolute atomic E-state index is 0.288. The van der Waals surface area contributed by atoms with Gasteiger partial charge in [0.25, 0.3) is 0 Å². The van der Waals surface area contributed by atoms with E-state index in [1.807, 2.05) is 6.07 Å². The summed E-state index contributed by atoms with van der Waals surface area (Å²) >= 11 is 0. The molecule has 0 aliphatic carbocycles. The fourth-order valence-corrected chi connectivity index (χ4v) is 2.22. The van der Waals surface area contributed by atoms with E-state index < -0.39 is 11.6 Å². The second kappa shape index (κ2) is 5.06. The molecule has 1 N–H and O–H groups in total. The number of H-pyrrole nitrogens is 1. The first-order valence-corrected chi connectivity index (χ1v) is 6.36. The molecule has 21 heavy (non-hydrogen) atoms. The molecule has 2 aromatic carbocycles. The number of nitrogens with zero attached hydrogens (tertiary/aromatic N) is 1. The summed E-state index contributed by atoms with van der Waals surface area (Å²) in [5.41, 5.74) is 1.81. The highest BCUT2D eigenvalue weighted by molar-refractivity contribution is 6.50. The summed E-state index contributed by atoms with van der Waals surface area (Å²) in [6, 6.07) is 15.4. The van der Waals surface area contributed by atoms with Crippen molar-refractivity contribution in [1.82, 2.24) is 4.98 Å². The quantitative estimate of drug-likeness (QED) is 0.589. The van der Waals surface area contributed by atoms with Gasteiger partial charge in [0.1, 0.15) is 0 Å². The molecule has 0 bridgehead atoms. The number of hydrogen-bond acceptors (Lipinski definition) is 3. The van der Waals surface area contributed by atoms with E-state index in [1.54, 1.807) is 48.5 Å². The highest BCUT2D eigenvalue weighted by atomic mass is 16.2. The Hall–Kier alpha value is -3.19. The van der Waals surface area contributed by atoms with Crippen LogP contribution in [0.25, 0.3) is 10.9 Å². The molecule has 0 atom stereocenters. The maximum atomic E-state index is 12.4. The molecule has 100 valence electrons. The van der Waals surface area contributed by atoms with Crippen molar-refractivity contribution >= 4 is 22.5 Å². The highest BCUT2D eigenvalue weighted by Gasteiger charge is 2.21. The van der Waals surface area contributed by atoms with Crippen LogP contribution in [0.15, 0.2) is 54.7 Å². The summed E-state index contributed by atoms with van der Waals surface area (Å²) in [7, 11) is 0. The van der Waals surface area contributed by atoms with Crippen molar-refractivity contribution in [3.8, 4) is 6.07 Å². The largest absolute Gasteiger partial charge is 0.360 e. The van der Waals surface area contributed by atoms with Gasteiger partial charge in [-0.2, -0.15) is 5.26 Å². The number of benzene rings is 2. The standard InChI is InChI=1S/C17H10N2O2/c18-9-11-6-7-15-13(8-11)14(10-19-15)17(21)16(20)12-4-2-1-3-5-12/h1-8,10,19H. The minimum atomic E-state index is -0.581. The van der Waals surface area contributed by atoms with Crippen LogP contribution in [-0.2, 0) is 0 Å². The molecule has 0 fully saturated rings. The summed E-state index contributed by atoms with van der Waals surface area (Å²) in [6.07, 6.45) is 1.51.